The Morgan fingerprint density at radius 3 is 2.56 bits per heavy atom. The van der Waals surface area contributed by atoms with Crippen LogP contribution in [0.2, 0.25) is 0 Å². The molecule has 2 heterocycles. The summed E-state index contributed by atoms with van der Waals surface area (Å²) in [6, 6.07) is 19.9. The molecular formula is C25H23N3O4. The highest BCUT2D eigenvalue weighted by molar-refractivity contribution is 6.15. The molecule has 0 unspecified atom stereocenters. The van der Waals surface area contributed by atoms with Crippen LogP contribution in [0, 0.1) is 11.3 Å². The van der Waals surface area contributed by atoms with E-state index in [0.29, 0.717) is 35.9 Å². The highest BCUT2D eigenvalue weighted by Crippen LogP contribution is 2.38. The Hall–Kier alpha value is -3.60. The van der Waals surface area contributed by atoms with Crippen molar-refractivity contribution in [2.45, 2.75) is 26.2 Å². The van der Waals surface area contributed by atoms with E-state index >= 15 is 0 Å². The summed E-state index contributed by atoms with van der Waals surface area (Å²) in [5.74, 6) is 1.11. The Kier molecular flexibility index (Phi) is 5.39. The molecule has 32 heavy (non-hydrogen) atoms. The van der Waals surface area contributed by atoms with E-state index in [-0.39, 0.29) is 19.1 Å². The van der Waals surface area contributed by atoms with Gasteiger partial charge in [0, 0.05) is 10.9 Å². The van der Waals surface area contributed by atoms with Gasteiger partial charge in [0.2, 0.25) is 0 Å². The van der Waals surface area contributed by atoms with Gasteiger partial charge in [0.15, 0.2) is 18.9 Å². The lowest BCUT2D eigenvalue weighted by Crippen LogP contribution is -2.29. The molecule has 0 saturated carbocycles. The maximum atomic E-state index is 9.62. The van der Waals surface area contributed by atoms with Gasteiger partial charge in [-0.05, 0) is 37.4 Å². The van der Waals surface area contributed by atoms with E-state index < -0.39 is 0 Å². The molecule has 0 aromatic heterocycles. The monoisotopic (exact) mass is 429 g/mol. The van der Waals surface area contributed by atoms with Crippen molar-refractivity contribution in [3.63, 3.8) is 0 Å². The fourth-order valence-corrected chi connectivity index (χ4v) is 4.09. The highest BCUT2D eigenvalue weighted by Gasteiger charge is 2.29. The lowest BCUT2D eigenvalue weighted by molar-refractivity contribution is -0.0429. The number of nitrogens with zero attached hydrogens (tertiary/aromatic N) is 3. The lowest BCUT2D eigenvalue weighted by atomic mass is 10.0. The molecule has 7 nitrogen and oxygen atoms in total. The van der Waals surface area contributed by atoms with Crippen molar-refractivity contribution in [1.82, 2.24) is 0 Å². The summed E-state index contributed by atoms with van der Waals surface area (Å²) in [6.07, 6.45) is -0.457. The molecule has 1 fully saturated rings. The van der Waals surface area contributed by atoms with Gasteiger partial charge in [-0.3, -0.25) is 4.90 Å². The third-order valence-electron chi connectivity index (χ3n) is 5.42. The van der Waals surface area contributed by atoms with Gasteiger partial charge in [-0.2, -0.15) is 5.26 Å². The number of hydrogen-bond acceptors (Lipinski definition) is 7. The van der Waals surface area contributed by atoms with Crippen LogP contribution in [0.15, 0.2) is 59.8 Å². The predicted molar refractivity (Wildman–Crippen MR) is 120 cm³/mol. The molecule has 7 heteroatoms. The minimum Gasteiger partial charge on any atom is -0.489 e. The average molecular weight is 429 g/mol. The standard InChI is InChI=1S/C25H23N3O4/c1-16(2)32-23-17(14-26)6-5-9-21(23)24-27-31-15-28(24)22-11-10-20(25-29-12-13-30-25)18-7-3-4-8-19(18)22/h3-11,16,25H,12-13,15H2,1-2H3. The molecule has 0 aliphatic carbocycles. The molecule has 3 aromatic carbocycles. The van der Waals surface area contributed by atoms with Crippen LogP contribution in [0.4, 0.5) is 5.69 Å². The molecule has 3 aromatic rings. The summed E-state index contributed by atoms with van der Waals surface area (Å²) in [5, 5.41) is 16.0. The number of benzene rings is 3. The van der Waals surface area contributed by atoms with Crippen molar-refractivity contribution in [2.24, 2.45) is 5.16 Å². The van der Waals surface area contributed by atoms with Crippen molar-refractivity contribution in [2.75, 3.05) is 24.8 Å². The Labute approximate surface area is 186 Å². The van der Waals surface area contributed by atoms with Crippen LogP contribution in [0.25, 0.3) is 10.8 Å². The molecule has 0 N–H and O–H groups in total. The number of para-hydroxylation sites is 1. The molecular weight excluding hydrogens is 406 g/mol. The molecule has 5 rings (SSSR count). The number of amidine groups is 1. The second-order valence-electron chi connectivity index (χ2n) is 7.85. The maximum Gasteiger partial charge on any atom is 0.195 e. The quantitative estimate of drug-likeness (QED) is 0.585. The molecule has 2 aliphatic rings. The minimum atomic E-state index is -0.365. The Balaban J connectivity index is 1.61. The maximum absolute atomic E-state index is 9.62. The van der Waals surface area contributed by atoms with Crippen LogP contribution in [-0.2, 0) is 14.3 Å². The van der Waals surface area contributed by atoms with Crippen molar-refractivity contribution in [1.29, 1.82) is 5.26 Å². The van der Waals surface area contributed by atoms with Crippen LogP contribution in [0.1, 0.15) is 36.8 Å². The third kappa shape index (κ3) is 3.54. The Bertz CT molecular complexity index is 1230. The van der Waals surface area contributed by atoms with Gasteiger partial charge in [0.1, 0.15) is 11.8 Å². The van der Waals surface area contributed by atoms with Crippen LogP contribution >= 0.6 is 0 Å². The van der Waals surface area contributed by atoms with E-state index in [1.165, 1.54) is 0 Å². The first kappa shape index (κ1) is 20.3. The smallest absolute Gasteiger partial charge is 0.195 e. The van der Waals surface area contributed by atoms with E-state index in [4.69, 9.17) is 19.0 Å². The predicted octanol–water partition coefficient (Wildman–Crippen LogP) is 4.70. The van der Waals surface area contributed by atoms with Crippen LogP contribution in [-0.4, -0.2) is 31.9 Å². The fourth-order valence-electron chi connectivity index (χ4n) is 4.09. The summed E-state index contributed by atoms with van der Waals surface area (Å²) < 4.78 is 17.5. The largest absolute Gasteiger partial charge is 0.489 e. The first-order valence-electron chi connectivity index (χ1n) is 10.6. The minimum absolute atomic E-state index is 0.0915. The molecule has 0 spiro atoms. The van der Waals surface area contributed by atoms with Crippen molar-refractivity contribution >= 4 is 22.3 Å². The SMILES string of the molecule is CC(C)Oc1c(C#N)cccc1C1=NOCN1c1ccc(C2OCCO2)c2ccccc12. The van der Waals surface area contributed by atoms with Gasteiger partial charge >= 0.3 is 0 Å². The molecule has 2 aliphatic heterocycles. The Morgan fingerprint density at radius 1 is 1.03 bits per heavy atom. The molecule has 0 atom stereocenters. The van der Waals surface area contributed by atoms with Gasteiger partial charge in [0.25, 0.3) is 0 Å². The van der Waals surface area contributed by atoms with Crippen molar-refractivity contribution < 1.29 is 19.0 Å². The van der Waals surface area contributed by atoms with Gasteiger partial charge in [-0.15, -0.1) is 0 Å². The van der Waals surface area contributed by atoms with Crippen molar-refractivity contribution in [3.8, 4) is 11.8 Å². The van der Waals surface area contributed by atoms with Gasteiger partial charge in [-0.25, -0.2) is 0 Å². The molecule has 0 amide bonds. The van der Waals surface area contributed by atoms with Gasteiger partial charge in [0.05, 0.1) is 36.1 Å². The number of fused-ring (bicyclic) bond motifs is 1. The Morgan fingerprint density at radius 2 is 1.81 bits per heavy atom. The van der Waals surface area contributed by atoms with Crippen LogP contribution in [0.5, 0.6) is 5.75 Å². The van der Waals surface area contributed by atoms with E-state index in [2.05, 4.69) is 23.4 Å². The van der Waals surface area contributed by atoms with E-state index in [1.54, 1.807) is 6.07 Å². The normalized spacial score (nSPS) is 16.3. The van der Waals surface area contributed by atoms with E-state index in [9.17, 15) is 5.26 Å². The molecule has 0 bridgehead atoms. The number of ether oxygens (including phenoxy) is 3. The number of rotatable bonds is 5. The summed E-state index contributed by atoms with van der Waals surface area (Å²) >= 11 is 0. The second kappa shape index (κ2) is 8.50. The highest BCUT2D eigenvalue weighted by atomic mass is 16.7. The number of anilines is 1. The van der Waals surface area contributed by atoms with Gasteiger partial charge in [-0.1, -0.05) is 41.6 Å². The van der Waals surface area contributed by atoms with Gasteiger partial charge < -0.3 is 19.0 Å². The first-order valence-corrected chi connectivity index (χ1v) is 10.6. The van der Waals surface area contributed by atoms with Crippen LogP contribution in [0.3, 0.4) is 0 Å². The third-order valence-corrected chi connectivity index (χ3v) is 5.42. The lowest BCUT2D eigenvalue weighted by Gasteiger charge is -2.23. The summed E-state index contributed by atoms with van der Waals surface area (Å²) in [5.41, 5.74) is 3.11. The molecule has 0 radical (unpaired) electrons. The average Bonchev–Trinajstić information content (AvgIpc) is 3.50. The topological polar surface area (TPSA) is 76.3 Å². The zero-order chi connectivity index (χ0) is 22.1. The number of oxime groups is 1. The molecule has 162 valence electrons. The van der Waals surface area contributed by atoms with E-state index in [1.807, 2.05) is 55.1 Å². The number of nitriles is 1. The summed E-state index contributed by atoms with van der Waals surface area (Å²) in [4.78, 5) is 7.51. The van der Waals surface area contributed by atoms with Crippen molar-refractivity contribution in [3.05, 3.63) is 71.3 Å². The molecule has 1 saturated heterocycles. The fraction of sp³-hybridized carbons (Fsp3) is 0.280. The zero-order valence-corrected chi connectivity index (χ0v) is 17.9. The number of hydrogen-bond donors (Lipinski definition) is 0. The zero-order valence-electron chi connectivity index (χ0n) is 17.9. The second-order valence-corrected chi connectivity index (χ2v) is 7.85. The van der Waals surface area contributed by atoms with Crippen LogP contribution < -0.4 is 9.64 Å². The first-order chi connectivity index (χ1) is 15.7. The van der Waals surface area contributed by atoms with E-state index in [0.717, 1.165) is 22.0 Å². The summed E-state index contributed by atoms with van der Waals surface area (Å²) in [7, 11) is 0. The summed E-state index contributed by atoms with van der Waals surface area (Å²) in [6.45, 7) is 5.30.